The Morgan fingerprint density at radius 3 is 2.59 bits per heavy atom. The van der Waals surface area contributed by atoms with Gasteiger partial charge in [-0.05, 0) is 55.7 Å². The molecule has 0 spiro atoms. The molecule has 0 saturated heterocycles. The zero-order chi connectivity index (χ0) is 16.2. The fraction of sp³-hybridized carbons (Fsp3) is 0.375. The van der Waals surface area contributed by atoms with E-state index in [0.29, 0.717) is 18.1 Å². The highest BCUT2D eigenvalue weighted by Crippen LogP contribution is 2.28. The number of rotatable bonds is 7. The van der Waals surface area contributed by atoms with Crippen LogP contribution in [0.15, 0.2) is 39.8 Å². The summed E-state index contributed by atoms with van der Waals surface area (Å²) < 4.78 is 38.4. The summed E-state index contributed by atoms with van der Waals surface area (Å²) in [6, 6.07) is 6.85. The summed E-state index contributed by atoms with van der Waals surface area (Å²) in [4.78, 5) is 0.163. The Bertz CT molecular complexity index is 721. The van der Waals surface area contributed by atoms with Gasteiger partial charge in [0.25, 0.3) is 0 Å². The van der Waals surface area contributed by atoms with Gasteiger partial charge in [0.15, 0.2) is 0 Å². The Kier molecular flexibility index (Phi) is 5.26. The maximum atomic E-state index is 12.5. The van der Waals surface area contributed by atoms with Crippen molar-refractivity contribution in [2.24, 2.45) is 0 Å². The van der Waals surface area contributed by atoms with Gasteiger partial charge in [-0.2, -0.15) is 0 Å². The highest BCUT2D eigenvalue weighted by Gasteiger charge is 2.21. The number of sulfonamides is 1. The SMILES string of the molecule is CCCOc1cc(C)c(C)cc1S(=O)(=O)NCc1ccco1. The molecule has 0 aliphatic heterocycles. The van der Waals surface area contributed by atoms with E-state index in [0.717, 1.165) is 17.5 Å². The standard InChI is InChI=1S/C16H21NO4S/c1-4-7-21-15-9-12(2)13(3)10-16(15)22(18,19)17-11-14-6-5-8-20-14/h5-6,8-10,17H,4,7,11H2,1-3H3. The second-order valence-electron chi connectivity index (χ2n) is 5.14. The third kappa shape index (κ3) is 3.90. The molecule has 0 fully saturated rings. The van der Waals surface area contributed by atoms with Crippen molar-refractivity contribution in [2.45, 2.75) is 38.6 Å². The van der Waals surface area contributed by atoms with Crippen molar-refractivity contribution in [1.29, 1.82) is 0 Å². The topological polar surface area (TPSA) is 68.5 Å². The van der Waals surface area contributed by atoms with Crippen LogP contribution >= 0.6 is 0 Å². The quantitative estimate of drug-likeness (QED) is 0.850. The van der Waals surface area contributed by atoms with E-state index in [1.54, 1.807) is 24.3 Å². The summed E-state index contributed by atoms with van der Waals surface area (Å²) >= 11 is 0. The molecule has 1 aromatic carbocycles. The minimum Gasteiger partial charge on any atom is -0.492 e. The largest absolute Gasteiger partial charge is 0.492 e. The van der Waals surface area contributed by atoms with Crippen LogP contribution in [0.1, 0.15) is 30.2 Å². The summed E-state index contributed by atoms with van der Waals surface area (Å²) in [7, 11) is -3.67. The van der Waals surface area contributed by atoms with Crippen molar-refractivity contribution >= 4 is 10.0 Å². The molecule has 6 heteroatoms. The van der Waals surface area contributed by atoms with Gasteiger partial charge in [-0.25, -0.2) is 13.1 Å². The highest BCUT2D eigenvalue weighted by atomic mass is 32.2. The van der Waals surface area contributed by atoms with Gasteiger partial charge in [-0.1, -0.05) is 6.92 Å². The molecule has 0 amide bonds. The van der Waals surface area contributed by atoms with E-state index >= 15 is 0 Å². The van der Waals surface area contributed by atoms with Crippen molar-refractivity contribution in [3.05, 3.63) is 47.4 Å². The maximum absolute atomic E-state index is 12.5. The van der Waals surface area contributed by atoms with Gasteiger partial charge in [0.05, 0.1) is 19.4 Å². The van der Waals surface area contributed by atoms with Gasteiger partial charge in [-0.3, -0.25) is 0 Å². The number of benzene rings is 1. The second-order valence-corrected chi connectivity index (χ2v) is 6.87. The lowest BCUT2D eigenvalue weighted by molar-refractivity contribution is 0.308. The molecule has 2 aromatic rings. The molecule has 1 N–H and O–H groups in total. The van der Waals surface area contributed by atoms with Crippen LogP contribution in [-0.2, 0) is 16.6 Å². The van der Waals surface area contributed by atoms with Crippen molar-refractivity contribution < 1.29 is 17.6 Å². The lowest BCUT2D eigenvalue weighted by Crippen LogP contribution is -2.24. The first-order valence-corrected chi connectivity index (χ1v) is 8.68. The predicted octanol–water partition coefficient (Wildman–Crippen LogP) is 3.16. The molecular formula is C16H21NO4S. The number of furan rings is 1. The van der Waals surface area contributed by atoms with Crippen LogP contribution < -0.4 is 9.46 Å². The Balaban J connectivity index is 2.29. The minimum atomic E-state index is -3.67. The Morgan fingerprint density at radius 2 is 1.95 bits per heavy atom. The fourth-order valence-electron chi connectivity index (χ4n) is 1.96. The van der Waals surface area contributed by atoms with Gasteiger partial charge in [-0.15, -0.1) is 0 Å². The van der Waals surface area contributed by atoms with Crippen LogP contribution in [-0.4, -0.2) is 15.0 Å². The molecule has 0 aliphatic rings. The smallest absolute Gasteiger partial charge is 0.244 e. The van der Waals surface area contributed by atoms with Crippen molar-refractivity contribution in [3.8, 4) is 5.75 Å². The molecule has 0 bridgehead atoms. The van der Waals surface area contributed by atoms with Crippen LogP contribution in [0, 0.1) is 13.8 Å². The molecule has 120 valence electrons. The molecule has 0 atom stereocenters. The van der Waals surface area contributed by atoms with Gasteiger partial charge in [0.1, 0.15) is 16.4 Å². The van der Waals surface area contributed by atoms with Crippen molar-refractivity contribution in [3.63, 3.8) is 0 Å². The van der Waals surface area contributed by atoms with E-state index in [-0.39, 0.29) is 11.4 Å². The monoisotopic (exact) mass is 323 g/mol. The van der Waals surface area contributed by atoms with Crippen molar-refractivity contribution in [1.82, 2.24) is 4.72 Å². The van der Waals surface area contributed by atoms with Crippen molar-refractivity contribution in [2.75, 3.05) is 6.61 Å². The first kappa shape index (κ1) is 16.6. The van der Waals surface area contributed by atoms with Crippen LogP contribution in [0.2, 0.25) is 0 Å². The molecule has 5 nitrogen and oxygen atoms in total. The Morgan fingerprint density at radius 1 is 1.23 bits per heavy atom. The maximum Gasteiger partial charge on any atom is 0.244 e. The number of aryl methyl sites for hydroxylation is 2. The van der Waals surface area contributed by atoms with E-state index < -0.39 is 10.0 Å². The van der Waals surface area contributed by atoms with E-state index in [1.165, 1.54) is 6.26 Å². The normalized spacial score (nSPS) is 11.6. The van der Waals surface area contributed by atoms with Crippen LogP contribution in [0.25, 0.3) is 0 Å². The van der Waals surface area contributed by atoms with Crippen LogP contribution in [0.3, 0.4) is 0 Å². The number of hydrogen-bond donors (Lipinski definition) is 1. The van der Waals surface area contributed by atoms with Gasteiger partial charge >= 0.3 is 0 Å². The molecule has 0 unspecified atom stereocenters. The zero-order valence-corrected chi connectivity index (χ0v) is 13.9. The molecule has 0 saturated carbocycles. The summed E-state index contributed by atoms with van der Waals surface area (Å²) in [5.41, 5.74) is 1.90. The average molecular weight is 323 g/mol. The lowest BCUT2D eigenvalue weighted by atomic mass is 10.1. The number of hydrogen-bond acceptors (Lipinski definition) is 4. The van der Waals surface area contributed by atoms with Gasteiger partial charge < -0.3 is 9.15 Å². The summed E-state index contributed by atoms with van der Waals surface area (Å²) in [5, 5.41) is 0. The van der Waals surface area contributed by atoms with E-state index in [4.69, 9.17) is 9.15 Å². The Hall–Kier alpha value is -1.79. The van der Waals surface area contributed by atoms with E-state index in [2.05, 4.69) is 4.72 Å². The highest BCUT2D eigenvalue weighted by molar-refractivity contribution is 7.89. The third-order valence-corrected chi connectivity index (χ3v) is 4.75. The summed E-state index contributed by atoms with van der Waals surface area (Å²) in [6.07, 6.45) is 2.32. The molecule has 0 aliphatic carbocycles. The van der Waals surface area contributed by atoms with Crippen LogP contribution in [0.4, 0.5) is 0 Å². The number of ether oxygens (including phenoxy) is 1. The first-order valence-electron chi connectivity index (χ1n) is 7.20. The molecule has 1 heterocycles. The summed E-state index contributed by atoms with van der Waals surface area (Å²) in [6.45, 7) is 6.37. The molecule has 2 rings (SSSR count). The predicted molar refractivity (Wildman–Crippen MR) is 84.4 cm³/mol. The third-order valence-electron chi connectivity index (χ3n) is 3.33. The van der Waals surface area contributed by atoms with Gasteiger partial charge in [0, 0.05) is 0 Å². The fourth-order valence-corrected chi connectivity index (χ4v) is 3.16. The van der Waals surface area contributed by atoms with E-state index in [9.17, 15) is 8.42 Å². The average Bonchev–Trinajstić information content (AvgIpc) is 2.99. The van der Waals surface area contributed by atoms with Crippen LogP contribution in [0.5, 0.6) is 5.75 Å². The first-order chi connectivity index (χ1) is 10.4. The Labute approximate surface area is 131 Å². The van der Waals surface area contributed by atoms with Gasteiger partial charge in [0.2, 0.25) is 10.0 Å². The van der Waals surface area contributed by atoms with E-state index in [1.807, 2.05) is 20.8 Å². The summed E-state index contributed by atoms with van der Waals surface area (Å²) in [5.74, 6) is 0.945. The second kappa shape index (κ2) is 6.98. The molecular weight excluding hydrogens is 302 g/mol. The number of nitrogens with one attached hydrogen (secondary N) is 1. The molecule has 1 aromatic heterocycles. The molecule has 22 heavy (non-hydrogen) atoms. The molecule has 0 radical (unpaired) electrons. The lowest BCUT2D eigenvalue weighted by Gasteiger charge is -2.14. The zero-order valence-electron chi connectivity index (χ0n) is 13.0. The minimum absolute atomic E-state index is 0.107.